The SMILES string of the molecule is Cl.Cl.NCCc1nc(C(=O)NC2CCN(CC(=O)Nc3ccccc3)CC2)cs1. The molecule has 2 heterocycles. The van der Waals surface area contributed by atoms with Gasteiger partial charge in [0.25, 0.3) is 5.91 Å². The molecule has 0 saturated carbocycles. The van der Waals surface area contributed by atoms with E-state index in [1.807, 2.05) is 30.3 Å². The van der Waals surface area contributed by atoms with E-state index in [1.54, 1.807) is 5.38 Å². The van der Waals surface area contributed by atoms with Crippen molar-refractivity contribution in [2.45, 2.75) is 25.3 Å². The topological polar surface area (TPSA) is 100 Å². The van der Waals surface area contributed by atoms with Crippen molar-refractivity contribution < 1.29 is 9.59 Å². The van der Waals surface area contributed by atoms with Crippen LogP contribution in [0, 0.1) is 0 Å². The van der Waals surface area contributed by atoms with Gasteiger partial charge in [-0.25, -0.2) is 4.98 Å². The first-order valence-electron chi connectivity index (χ1n) is 9.16. The fourth-order valence-corrected chi connectivity index (χ4v) is 3.87. The maximum absolute atomic E-state index is 12.3. The quantitative estimate of drug-likeness (QED) is 0.589. The van der Waals surface area contributed by atoms with E-state index in [9.17, 15) is 9.59 Å². The van der Waals surface area contributed by atoms with Gasteiger partial charge in [0.1, 0.15) is 5.69 Å². The molecule has 1 aromatic carbocycles. The number of amides is 2. The Balaban J connectivity index is 0.00000210. The minimum absolute atomic E-state index is 0. The van der Waals surface area contributed by atoms with Crippen LogP contribution in [-0.4, -0.2) is 53.9 Å². The molecule has 1 saturated heterocycles. The van der Waals surface area contributed by atoms with Crippen molar-refractivity contribution in [3.8, 4) is 0 Å². The molecule has 160 valence electrons. The van der Waals surface area contributed by atoms with Crippen LogP contribution in [0.1, 0.15) is 28.3 Å². The first kappa shape index (κ1) is 25.3. The third kappa shape index (κ3) is 7.91. The van der Waals surface area contributed by atoms with Crippen LogP contribution in [0.5, 0.6) is 0 Å². The molecule has 1 aliphatic rings. The monoisotopic (exact) mass is 459 g/mol. The van der Waals surface area contributed by atoms with Gasteiger partial charge in [-0.1, -0.05) is 18.2 Å². The summed E-state index contributed by atoms with van der Waals surface area (Å²) >= 11 is 1.47. The number of para-hydroxylation sites is 1. The zero-order valence-electron chi connectivity index (χ0n) is 16.0. The largest absolute Gasteiger partial charge is 0.348 e. The Labute approximate surface area is 187 Å². The van der Waals surface area contributed by atoms with Crippen molar-refractivity contribution in [2.24, 2.45) is 5.73 Å². The van der Waals surface area contributed by atoms with Gasteiger partial charge in [0.05, 0.1) is 11.6 Å². The third-order valence-electron chi connectivity index (χ3n) is 4.49. The summed E-state index contributed by atoms with van der Waals surface area (Å²) in [4.78, 5) is 30.9. The molecule has 2 aromatic rings. The van der Waals surface area contributed by atoms with Gasteiger partial charge in [0.15, 0.2) is 0 Å². The lowest BCUT2D eigenvalue weighted by atomic mass is 10.0. The standard InChI is InChI=1S/C19H25N5O2S.2ClH/c20-9-6-18-23-16(13-27-18)19(26)22-15-7-10-24(11-8-15)12-17(25)21-14-4-2-1-3-5-14;;/h1-5,13,15H,6-12,20H2,(H,21,25)(H,22,26);2*1H. The molecule has 4 N–H and O–H groups in total. The number of benzene rings is 1. The van der Waals surface area contributed by atoms with Crippen LogP contribution in [0.25, 0.3) is 0 Å². The second kappa shape index (κ2) is 12.8. The Morgan fingerprint density at radius 1 is 1.17 bits per heavy atom. The van der Waals surface area contributed by atoms with E-state index in [1.165, 1.54) is 11.3 Å². The Kier molecular flexibility index (Phi) is 11.2. The van der Waals surface area contributed by atoms with Gasteiger partial charge in [-0.15, -0.1) is 36.2 Å². The second-order valence-corrected chi connectivity index (χ2v) is 7.55. The summed E-state index contributed by atoms with van der Waals surface area (Å²) < 4.78 is 0. The Morgan fingerprint density at radius 3 is 2.52 bits per heavy atom. The van der Waals surface area contributed by atoms with Crippen molar-refractivity contribution in [2.75, 3.05) is 31.5 Å². The number of nitrogens with two attached hydrogens (primary N) is 1. The van der Waals surface area contributed by atoms with Gasteiger partial charge in [-0.2, -0.15) is 0 Å². The Hall–Kier alpha value is -1.71. The molecule has 1 fully saturated rings. The maximum Gasteiger partial charge on any atom is 0.270 e. The van der Waals surface area contributed by atoms with Crippen LogP contribution in [0.4, 0.5) is 5.69 Å². The van der Waals surface area contributed by atoms with Crippen LogP contribution in [0.3, 0.4) is 0 Å². The maximum atomic E-state index is 12.3. The highest BCUT2D eigenvalue weighted by atomic mass is 35.5. The summed E-state index contributed by atoms with van der Waals surface area (Å²) in [6.07, 6.45) is 2.34. The number of likely N-dealkylation sites (tertiary alicyclic amines) is 1. The number of halogens is 2. The van der Waals surface area contributed by atoms with Gasteiger partial charge >= 0.3 is 0 Å². The molecule has 0 aliphatic carbocycles. The van der Waals surface area contributed by atoms with Gasteiger partial charge in [-0.3, -0.25) is 14.5 Å². The summed E-state index contributed by atoms with van der Waals surface area (Å²) in [5.74, 6) is -0.145. The van der Waals surface area contributed by atoms with Crippen LogP contribution in [-0.2, 0) is 11.2 Å². The lowest BCUT2D eigenvalue weighted by Crippen LogP contribution is -2.46. The fourth-order valence-electron chi connectivity index (χ4n) is 3.07. The summed E-state index contributed by atoms with van der Waals surface area (Å²) in [5.41, 5.74) is 6.79. The number of rotatable bonds is 7. The van der Waals surface area contributed by atoms with Gasteiger partial charge in [0, 0.05) is 36.6 Å². The number of nitrogens with one attached hydrogen (secondary N) is 2. The van der Waals surface area contributed by atoms with Crippen molar-refractivity contribution in [1.82, 2.24) is 15.2 Å². The van der Waals surface area contributed by atoms with E-state index in [4.69, 9.17) is 5.73 Å². The summed E-state index contributed by atoms with van der Waals surface area (Å²) in [5, 5.41) is 8.62. The smallest absolute Gasteiger partial charge is 0.270 e. The lowest BCUT2D eigenvalue weighted by Gasteiger charge is -2.31. The number of carbonyl (C=O) groups is 2. The molecule has 1 aromatic heterocycles. The molecule has 2 amide bonds. The molecule has 0 atom stereocenters. The average molecular weight is 460 g/mol. The van der Waals surface area contributed by atoms with E-state index in [0.717, 1.165) is 36.6 Å². The highest BCUT2D eigenvalue weighted by Crippen LogP contribution is 2.14. The zero-order valence-corrected chi connectivity index (χ0v) is 18.5. The van der Waals surface area contributed by atoms with Crippen molar-refractivity contribution in [3.05, 3.63) is 46.4 Å². The number of aromatic nitrogens is 1. The van der Waals surface area contributed by atoms with E-state index in [0.29, 0.717) is 25.2 Å². The number of hydrogen-bond donors (Lipinski definition) is 3. The highest BCUT2D eigenvalue weighted by molar-refractivity contribution is 7.09. The number of thiazole rings is 1. The molecule has 7 nitrogen and oxygen atoms in total. The van der Waals surface area contributed by atoms with Gasteiger partial charge in [0.2, 0.25) is 5.91 Å². The Bertz CT molecular complexity index is 767. The van der Waals surface area contributed by atoms with Gasteiger partial charge in [-0.05, 0) is 31.5 Å². The molecule has 0 spiro atoms. The van der Waals surface area contributed by atoms with Crippen LogP contribution in [0.15, 0.2) is 35.7 Å². The van der Waals surface area contributed by atoms with Crippen LogP contribution >= 0.6 is 36.2 Å². The summed E-state index contributed by atoms with van der Waals surface area (Å²) in [7, 11) is 0. The minimum Gasteiger partial charge on any atom is -0.348 e. The van der Waals surface area contributed by atoms with Crippen molar-refractivity contribution >= 4 is 53.7 Å². The molecule has 0 unspecified atom stereocenters. The second-order valence-electron chi connectivity index (χ2n) is 6.60. The highest BCUT2D eigenvalue weighted by Gasteiger charge is 2.23. The molecule has 1 aliphatic heterocycles. The minimum atomic E-state index is -0.130. The lowest BCUT2D eigenvalue weighted by molar-refractivity contribution is -0.117. The molecule has 10 heteroatoms. The summed E-state index contributed by atoms with van der Waals surface area (Å²) in [6.45, 7) is 2.46. The van der Waals surface area contributed by atoms with Crippen molar-refractivity contribution in [1.29, 1.82) is 0 Å². The first-order valence-corrected chi connectivity index (χ1v) is 10.0. The molecule has 29 heavy (non-hydrogen) atoms. The first-order chi connectivity index (χ1) is 13.1. The van der Waals surface area contributed by atoms with E-state index >= 15 is 0 Å². The van der Waals surface area contributed by atoms with E-state index in [-0.39, 0.29) is 42.7 Å². The van der Waals surface area contributed by atoms with Gasteiger partial charge < -0.3 is 16.4 Å². The molecular weight excluding hydrogens is 433 g/mol. The summed E-state index contributed by atoms with van der Waals surface area (Å²) in [6, 6.07) is 9.56. The number of anilines is 1. The number of hydrogen-bond acceptors (Lipinski definition) is 6. The molecule has 0 radical (unpaired) electrons. The van der Waals surface area contributed by atoms with Crippen LogP contribution < -0.4 is 16.4 Å². The van der Waals surface area contributed by atoms with E-state index < -0.39 is 0 Å². The number of carbonyl (C=O) groups excluding carboxylic acids is 2. The van der Waals surface area contributed by atoms with E-state index in [2.05, 4.69) is 20.5 Å². The molecule has 3 rings (SSSR count). The molecule has 0 bridgehead atoms. The Morgan fingerprint density at radius 2 is 1.86 bits per heavy atom. The van der Waals surface area contributed by atoms with Crippen molar-refractivity contribution in [3.63, 3.8) is 0 Å². The predicted molar refractivity (Wildman–Crippen MR) is 121 cm³/mol. The molecular formula is C19H27Cl2N5O2S. The zero-order chi connectivity index (χ0) is 19.1. The normalized spacial score (nSPS) is 14.4. The van der Waals surface area contributed by atoms with Crippen LogP contribution in [0.2, 0.25) is 0 Å². The predicted octanol–water partition coefficient (Wildman–Crippen LogP) is 2.32. The third-order valence-corrected chi connectivity index (χ3v) is 5.40. The number of piperidine rings is 1. The number of nitrogens with zero attached hydrogens (tertiary/aromatic N) is 2. The fraction of sp³-hybridized carbons (Fsp3) is 0.421. The average Bonchev–Trinajstić information content (AvgIpc) is 3.13.